The molecule has 1 aromatic heterocycles. The highest BCUT2D eigenvalue weighted by atomic mass is 35.5. The van der Waals surface area contributed by atoms with Crippen LogP contribution >= 0.6 is 23.2 Å². The van der Waals surface area contributed by atoms with Crippen molar-refractivity contribution in [3.8, 4) is 0 Å². The zero-order valence-electron chi connectivity index (χ0n) is 18.8. The third kappa shape index (κ3) is 4.55. The summed E-state index contributed by atoms with van der Waals surface area (Å²) in [6, 6.07) is 13.5. The van der Waals surface area contributed by atoms with E-state index in [9.17, 15) is 14.7 Å². The number of aliphatic carboxylic acids is 1. The first-order valence-electron chi connectivity index (χ1n) is 10.4. The molecule has 3 aromatic carbocycles. The molecule has 13 heteroatoms. The quantitative estimate of drug-likeness (QED) is 0.225. The van der Waals surface area contributed by atoms with Crippen LogP contribution in [0.15, 0.2) is 54.6 Å². The predicted molar refractivity (Wildman–Crippen MR) is 134 cm³/mol. The molecule has 5 rings (SSSR count). The van der Waals surface area contributed by atoms with Gasteiger partial charge in [-0.3, -0.25) is 19.8 Å². The van der Waals surface area contributed by atoms with Gasteiger partial charge in [-0.2, -0.15) is 0 Å². The topological polar surface area (TPSA) is 156 Å². The van der Waals surface area contributed by atoms with Crippen LogP contribution in [0.4, 0.5) is 20.8 Å². The molecule has 0 saturated heterocycles. The number of imidazole rings is 1. The van der Waals surface area contributed by atoms with Crippen molar-refractivity contribution in [3.63, 3.8) is 0 Å². The van der Waals surface area contributed by atoms with Gasteiger partial charge in [0.1, 0.15) is 0 Å². The lowest BCUT2D eigenvalue weighted by atomic mass is 9.93. The zero-order chi connectivity index (χ0) is 27.1. The number of nitrogens with one attached hydrogen (secondary N) is 2. The molecule has 1 aliphatic rings. The summed E-state index contributed by atoms with van der Waals surface area (Å²) in [5, 5.41) is 30.0. The standard InChI is InChI=1S/C22H13Cl2FN4O4.C2H4O2/c23-13-6-8-16(18(25)17(13)24)29-19(30)11-3-1-2-4-12(11)22(29,33)10-5-7-14-15(9-10)27-20(26-14)28-21(31)32;1-2(3)4/h1-9,33H,(H,31,32)(H2,26,27,28);1H3,(H,3,4). The first-order chi connectivity index (χ1) is 17.4. The lowest BCUT2D eigenvalue weighted by Gasteiger charge is -2.35. The summed E-state index contributed by atoms with van der Waals surface area (Å²) in [5.41, 5.74) is -0.931. The minimum Gasteiger partial charge on any atom is -0.481 e. The molecule has 5 N–H and O–H groups in total. The minimum absolute atomic E-state index is 0.0167. The molecule has 2 amide bonds. The Morgan fingerprint density at radius 2 is 1.78 bits per heavy atom. The number of carboxylic acid groups (broad SMARTS) is 2. The van der Waals surface area contributed by atoms with Gasteiger partial charge in [-0.1, -0.05) is 47.5 Å². The average molecular weight is 547 g/mol. The molecule has 2 heterocycles. The van der Waals surface area contributed by atoms with Gasteiger partial charge in [0.15, 0.2) is 11.5 Å². The third-order valence-electron chi connectivity index (χ3n) is 5.43. The van der Waals surface area contributed by atoms with E-state index in [0.29, 0.717) is 11.0 Å². The van der Waals surface area contributed by atoms with Crippen molar-refractivity contribution in [2.24, 2.45) is 0 Å². The number of fused-ring (bicyclic) bond motifs is 2. The number of aromatic nitrogens is 2. The van der Waals surface area contributed by atoms with Crippen molar-refractivity contribution in [2.45, 2.75) is 12.6 Å². The summed E-state index contributed by atoms with van der Waals surface area (Å²) < 4.78 is 15.1. The van der Waals surface area contributed by atoms with Crippen LogP contribution in [0.5, 0.6) is 0 Å². The number of carboxylic acids is 1. The number of amides is 2. The highest BCUT2D eigenvalue weighted by Crippen LogP contribution is 2.47. The third-order valence-corrected chi connectivity index (χ3v) is 6.21. The number of anilines is 2. The smallest absolute Gasteiger partial charge is 0.411 e. The first kappa shape index (κ1) is 25.9. The van der Waals surface area contributed by atoms with E-state index in [4.69, 9.17) is 38.2 Å². The molecule has 10 nitrogen and oxygen atoms in total. The van der Waals surface area contributed by atoms with E-state index in [1.165, 1.54) is 30.3 Å². The Hall–Kier alpha value is -4.19. The Balaban J connectivity index is 0.000000747. The Morgan fingerprint density at radius 3 is 2.46 bits per heavy atom. The number of carbonyl (C=O) groups excluding carboxylic acids is 1. The Bertz CT molecular complexity index is 1570. The number of rotatable bonds is 3. The normalized spacial score (nSPS) is 16.2. The molecule has 1 aliphatic heterocycles. The van der Waals surface area contributed by atoms with E-state index >= 15 is 4.39 Å². The summed E-state index contributed by atoms with van der Waals surface area (Å²) in [5.74, 6) is -2.44. The number of aliphatic hydroxyl groups is 1. The molecule has 190 valence electrons. The molecule has 0 aliphatic carbocycles. The zero-order valence-corrected chi connectivity index (χ0v) is 20.3. The van der Waals surface area contributed by atoms with Crippen molar-refractivity contribution in [1.82, 2.24) is 9.97 Å². The van der Waals surface area contributed by atoms with Gasteiger partial charge >= 0.3 is 6.09 Å². The second kappa shape index (κ2) is 9.69. The number of halogens is 3. The summed E-state index contributed by atoms with van der Waals surface area (Å²) in [7, 11) is 0. The van der Waals surface area contributed by atoms with Gasteiger partial charge < -0.3 is 20.3 Å². The second-order valence-corrected chi connectivity index (χ2v) is 8.60. The molecule has 0 spiro atoms. The first-order valence-corrected chi connectivity index (χ1v) is 11.2. The van der Waals surface area contributed by atoms with Gasteiger partial charge in [-0.15, -0.1) is 0 Å². The van der Waals surface area contributed by atoms with Crippen LogP contribution in [0.25, 0.3) is 11.0 Å². The largest absolute Gasteiger partial charge is 0.481 e. The average Bonchev–Trinajstić information content (AvgIpc) is 3.33. The fourth-order valence-corrected chi connectivity index (χ4v) is 4.31. The molecule has 0 radical (unpaired) electrons. The van der Waals surface area contributed by atoms with Gasteiger partial charge in [-0.05, 0) is 30.3 Å². The van der Waals surface area contributed by atoms with Gasteiger partial charge in [0, 0.05) is 23.6 Å². The maximum absolute atomic E-state index is 15.1. The Labute approximate surface area is 217 Å². The van der Waals surface area contributed by atoms with Crippen LogP contribution in [-0.2, 0) is 10.5 Å². The van der Waals surface area contributed by atoms with Crippen LogP contribution in [0.2, 0.25) is 10.0 Å². The van der Waals surface area contributed by atoms with Crippen LogP contribution in [0.3, 0.4) is 0 Å². The van der Waals surface area contributed by atoms with Crippen molar-refractivity contribution >= 4 is 63.8 Å². The summed E-state index contributed by atoms with van der Waals surface area (Å²) in [6.45, 7) is 1.08. The summed E-state index contributed by atoms with van der Waals surface area (Å²) in [6.07, 6.45) is -1.30. The van der Waals surface area contributed by atoms with E-state index in [0.717, 1.165) is 11.8 Å². The van der Waals surface area contributed by atoms with Gasteiger partial charge in [-0.25, -0.2) is 14.2 Å². The van der Waals surface area contributed by atoms with Crippen LogP contribution in [0, 0.1) is 5.82 Å². The number of nitrogens with zero attached hydrogens (tertiary/aromatic N) is 2. The number of hydrogen-bond donors (Lipinski definition) is 5. The second-order valence-electron chi connectivity index (χ2n) is 7.82. The maximum Gasteiger partial charge on any atom is 0.411 e. The molecule has 4 aromatic rings. The highest BCUT2D eigenvalue weighted by molar-refractivity contribution is 6.42. The van der Waals surface area contributed by atoms with Gasteiger partial charge in [0.25, 0.3) is 11.9 Å². The van der Waals surface area contributed by atoms with Crippen LogP contribution in [-0.4, -0.2) is 43.3 Å². The maximum atomic E-state index is 15.1. The molecular weight excluding hydrogens is 530 g/mol. The predicted octanol–water partition coefficient (Wildman–Crippen LogP) is 5.04. The fourth-order valence-electron chi connectivity index (χ4n) is 4.01. The molecule has 1 atom stereocenters. The number of hydrogen-bond acceptors (Lipinski definition) is 5. The number of aromatic amines is 1. The Kier molecular flexibility index (Phi) is 6.78. The van der Waals surface area contributed by atoms with E-state index in [1.54, 1.807) is 24.3 Å². The van der Waals surface area contributed by atoms with Crippen molar-refractivity contribution < 1.29 is 34.1 Å². The molecular formula is C24H17Cl2FN4O6. The SMILES string of the molecule is CC(=O)O.O=C(O)Nc1nc2ccc(C3(O)c4ccccc4C(=O)N3c3ccc(Cl)c(Cl)c3F)cc2[nH]1. The van der Waals surface area contributed by atoms with E-state index < -0.39 is 29.5 Å². The van der Waals surface area contributed by atoms with Crippen molar-refractivity contribution in [3.05, 3.63) is 87.2 Å². The van der Waals surface area contributed by atoms with Crippen LogP contribution < -0.4 is 10.2 Å². The molecule has 0 fully saturated rings. The molecule has 1 unspecified atom stereocenters. The van der Waals surface area contributed by atoms with E-state index in [1.807, 2.05) is 0 Å². The number of benzene rings is 3. The highest BCUT2D eigenvalue weighted by Gasteiger charge is 2.51. The van der Waals surface area contributed by atoms with Gasteiger partial charge in [0.05, 0.1) is 26.8 Å². The van der Waals surface area contributed by atoms with Gasteiger partial charge in [0.2, 0.25) is 5.95 Å². The lowest BCUT2D eigenvalue weighted by Crippen LogP contribution is -2.45. The minimum atomic E-state index is -2.11. The number of carbonyl (C=O) groups is 3. The molecule has 37 heavy (non-hydrogen) atoms. The van der Waals surface area contributed by atoms with Crippen molar-refractivity contribution in [2.75, 3.05) is 10.2 Å². The monoisotopic (exact) mass is 546 g/mol. The lowest BCUT2D eigenvalue weighted by molar-refractivity contribution is -0.134. The Morgan fingerprint density at radius 1 is 1.11 bits per heavy atom. The number of H-pyrrole nitrogens is 1. The summed E-state index contributed by atoms with van der Waals surface area (Å²) in [4.78, 5) is 41.1. The fraction of sp³-hybridized carbons (Fsp3) is 0.0833. The van der Waals surface area contributed by atoms with E-state index in [-0.39, 0.29) is 38.4 Å². The van der Waals surface area contributed by atoms with Crippen LogP contribution in [0.1, 0.15) is 28.4 Å². The summed E-state index contributed by atoms with van der Waals surface area (Å²) >= 11 is 11.9. The van der Waals surface area contributed by atoms with E-state index in [2.05, 4.69) is 15.3 Å². The molecule has 0 bridgehead atoms. The van der Waals surface area contributed by atoms with Crippen molar-refractivity contribution in [1.29, 1.82) is 0 Å². The molecule has 0 saturated carbocycles.